The number of benzene rings is 1. The van der Waals surface area contributed by atoms with Crippen LogP contribution in [-0.2, 0) is 44.1 Å². The van der Waals surface area contributed by atoms with Crippen LogP contribution in [-0.4, -0.2) is 61.7 Å². The summed E-state index contributed by atoms with van der Waals surface area (Å²) in [6.45, 7) is 4.06. The van der Waals surface area contributed by atoms with E-state index in [4.69, 9.17) is 35.0 Å². The first kappa shape index (κ1) is 29.6. The van der Waals surface area contributed by atoms with Gasteiger partial charge in [0.1, 0.15) is 24.7 Å². The maximum absolute atomic E-state index is 12.8. The highest BCUT2D eigenvalue weighted by Gasteiger charge is 2.26. The number of ether oxygens (including phenoxy) is 2. The van der Waals surface area contributed by atoms with E-state index < -0.39 is 13.7 Å². The summed E-state index contributed by atoms with van der Waals surface area (Å²) in [6.07, 6.45) is -0.276. The Kier molecular flexibility index (Phi) is 13.3. The van der Waals surface area contributed by atoms with Gasteiger partial charge in [0.15, 0.2) is 11.0 Å². The first-order valence-electron chi connectivity index (χ1n) is 10.9. The highest BCUT2D eigenvalue weighted by Crippen LogP contribution is 2.48. The number of nitrogens with one attached hydrogen (secondary N) is 3. The number of amides is 2. The van der Waals surface area contributed by atoms with Crippen LogP contribution in [0.25, 0.3) is 0 Å². The molecule has 0 fully saturated rings. The Hall–Kier alpha value is -2.64. The number of hydrogen-bond donors (Lipinski definition) is 3. The van der Waals surface area contributed by atoms with E-state index in [-0.39, 0.29) is 55.4 Å². The number of hydrogen-bond acceptors (Lipinski definition) is 11. The molecule has 1 unspecified atom stereocenters. The number of anilines is 3. The predicted octanol–water partition coefficient (Wildman–Crippen LogP) is 3.44. The first-order valence-corrected chi connectivity index (χ1v) is 13.0. The van der Waals surface area contributed by atoms with Crippen molar-refractivity contribution >= 4 is 49.5 Å². The molecule has 2 aromatic rings. The van der Waals surface area contributed by atoms with Crippen molar-refractivity contribution in [3.8, 4) is 0 Å². The molecule has 1 heterocycles. The van der Waals surface area contributed by atoms with Crippen molar-refractivity contribution in [1.82, 2.24) is 9.97 Å². The van der Waals surface area contributed by atoms with E-state index >= 15 is 0 Å². The van der Waals surface area contributed by atoms with Gasteiger partial charge in [-0.1, -0.05) is 41.9 Å². The summed E-state index contributed by atoms with van der Waals surface area (Å²) in [6, 6.07) is 9.52. The summed E-state index contributed by atoms with van der Waals surface area (Å²) in [7, 11) is -3.47. The molecule has 0 saturated heterocycles. The number of carbonyl (C=O) groups excluding carboxylic acids is 2. The zero-order chi connectivity index (χ0) is 26.2. The van der Waals surface area contributed by atoms with Crippen LogP contribution in [0.4, 0.5) is 17.5 Å². The van der Waals surface area contributed by atoms with Crippen molar-refractivity contribution in [1.29, 1.82) is 0 Å². The molecule has 36 heavy (non-hydrogen) atoms. The number of carbonyl (C=O) groups is 2. The zero-order valence-electron chi connectivity index (χ0n) is 19.8. The van der Waals surface area contributed by atoms with Crippen molar-refractivity contribution in [2.75, 3.05) is 48.9 Å². The Morgan fingerprint density at radius 1 is 1.03 bits per heavy atom. The normalized spacial score (nSPS) is 12.1. The lowest BCUT2D eigenvalue weighted by molar-refractivity contribution is -0.106. The topological polar surface area (TPSA) is 159 Å². The molecule has 2 rings (SSSR count). The van der Waals surface area contributed by atoms with E-state index in [1.807, 2.05) is 30.3 Å². The van der Waals surface area contributed by atoms with Gasteiger partial charge in [-0.15, -0.1) is 0 Å². The molecule has 198 valence electrons. The minimum atomic E-state index is -3.47. The number of nitrogens with zero attached hydrogens (tertiary/aromatic N) is 2. The molecule has 0 bridgehead atoms. The van der Waals surface area contributed by atoms with E-state index in [9.17, 15) is 14.2 Å². The second-order valence-electron chi connectivity index (χ2n) is 6.86. The molecule has 0 radical (unpaired) electrons. The molecule has 15 heteroatoms. The predicted molar refractivity (Wildman–Crippen MR) is 133 cm³/mol. The van der Waals surface area contributed by atoms with Gasteiger partial charge in [-0.05, 0) is 19.4 Å². The van der Waals surface area contributed by atoms with Crippen LogP contribution < -0.4 is 16.1 Å². The monoisotopic (exact) mass is 545 g/mol. The molecule has 0 saturated carbocycles. The number of aromatic nitrogens is 2. The zero-order valence-corrected chi connectivity index (χ0v) is 21.5. The van der Waals surface area contributed by atoms with Crippen LogP contribution in [0.1, 0.15) is 19.4 Å². The summed E-state index contributed by atoms with van der Waals surface area (Å²) < 4.78 is 34.8. The van der Waals surface area contributed by atoms with Crippen LogP contribution in [0.2, 0.25) is 5.15 Å². The van der Waals surface area contributed by atoms with Crippen molar-refractivity contribution in [3.05, 3.63) is 41.0 Å². The molecular weight excluding hydrogens is 517 g/mol. The van der Waals surface area contributed by atoms with Gasteiger partial charge in [-0.2, -0.15) is 9.97 Å². The summed E-state index contributed by atoms with van der Waals surface area (Å²) in [5.74, 6) is -0.143. The molecule has 0 aliphatic heterocycles. The fourth-order valence-electron chi connectivity index (χ4n) is 2.74. The van der Waals surface area contributed by atoms with Crippen molar-refractivity contribution < 1.29 is 37.5 Å². The molecular formula is C21H29ClN5O8P. The Bertz CT molecular complexity index is 994. The summed E-state index contributed by atoms with van der Waals surface area (Å²) in [5.41, 5.74) is 3.53. The molecule has 0 aliphatic carbocycles. The van der Waals surface area contributed by atoms with Crippen molar-refractivity contribution in [2.45, 2.75) is 26.6 Å². The van der Waals surface area contributed by atoms with Gasteiger partial charge >= 0.3 is 7.60 Å². The Morgan fingerprint density at radius 2 is 1.72 bits per heavy atom. The molecule has 13 nitrogen and oxygen atoms in total. The maximum atomic E-state index is 12.8. The number of halogens is 1. The number of rotatable bonds is 19. The Morgan fingerprint density at radius 3 is 2.36 bits per heavy atom. The van der Waals surface area contributed by atoms with E-state index in [1.54, 1.807) is 13.8 Å². The fourth-order valence-corrected chi connectivity index (χ4v) is 4.37. The molecule has 1 atom stereocenters. The highest BCUT2D eigenvalue weighted by molar-refractivity contribution is 7.53. The van der Waals surface area contributed by atoms with E-state index in [2.05, 4.69) is 26.1 Å². The third-order valence-electron chi connectivity index (χ3n) is 4.23. The van der Waals surface area contributed by atoms with Crippen LogP contribution in [0.3, 0.4) is 0 Å². The van der Waals surface area contributed by atoms with Gasteiger partial charge in [0.25, 0.3) is 0 Å². The van der Waals surface area contributed by atoms with Crippen LogP contribution in [0, 0.1) is 0 Å². The van der Waals surface area contributed by atoms with Gasteiger partial charge in [0.05, 0.1) is 26.4 Å². The lowest BCUT2D eigenvalue weighted by Crippen LogP contribution is -2.28. The lowest BCUT2D eigenvalue weighted by atomic mass is 10.2. The molecule has 1 aromatic heterocycles. The smallest absolute Gasteiger partial charge is 0.356 e. The summed E-state index contributed by atoms with van der Waals surface area (Å²) in [4.78, 5) is 35.0. The summed E-state index contributed by atoms with van der Waals surface area (Å²) in [5, 5.41) is 4.48. The average molecular weight is 546 g/mol. The first-order chi connectivity index (χ1) is 17.4. The molecule has 0 aliphatic rings. The Labute approximate surface area is 213 Å². The van der Waals surface area contributed by atoms with E-state index in [0.717, 1.165) is 5.56 Å². The van der Waals surface area contributed by atoms with Gasteiger partial charge in [0, 0.05) is 0 Å². The van der Waals surface area contributed by atoms with Crippen LogP contribution >= 0.6 is 19.2 Å². The lowest BCUT2D eigenvalue weighted by Gasteiger charge is -2.22. The van der Waals surface area contributed by atoms with Crippen LogP contribution in [0.15, 0.2) is 30.3 Å². The van der Waals surface area contributed by atoms with Crippen LogP contribution in [0.5, 0.6) is 0 Å². The van der Waals surface area contributed by atoms with Crippen molar-refractivity contribution in [3.63, 3.8) is 0 Å². The minimum Gasteiger partial charge on any atom is -0.374 e. The maximum Gasteiger partial charge on any atom is 0.356 e. The molecule has 2 amide bonds. The second kappa shape index (κ2) is 16.2. The SMILES string of the molecule is CCOP(=O)(COC(COCc1ccccc1)CONc1nc(NC=O)nc(Cl)c1NC=O)OCC. The van der Waals surface area contributed by atoms with E-state index in [0.29, 0.717) is 19.4 Å². The van der Waals surface area contributed by atoms with Gasteiger partial charge in [-0.3, -0.25) is 24.3 Å². The van der Waals surface area contributed by atoms with Gasteiger partial charge < -0.3 is 23.8 Å². The summed E-state index contributed by atoms with van der Waals surface area (Å²) >= 11 is 6.05. The quantitative estimate of drug-likeness (QED) is 0.103. The Balaban J connectivity index is 2.06. The largest absolute Gasteiger partial charge is 0.374 e. The van der Waals surface area contributed by atoms with E-state index in [1.165, 1.54) is 0 Å². The molecule has 3 N–H and O–H groups in total. The second-order valence-corrected chi connectivity index (χ2v) is 9.22. The molecule has 0 spiro atoms. The minimum absolute atomic E-state index is 0.0234. The molecule has 1 aromatic carbocycles. The van der Waals surface area contributed by atoms with Gasteiger partial charge in [0.2, 0.25) is 18.8 Å². The van der Waals surface area contributed by atoms with Gasteiger partial charge in [-0.25, -0.2) is 5.48 Å². The van der Waals surface area contributed by atoms with Crippen molar-refractivity contribution in [2.24, 2.45) is 0 Å². The third kappa shape index (κ3) is 10.2. The fraction of sp³-hybridized carbons (Fsp3) is 0.429. The average Bonchev–Trinajstić information content (AvgIpc) is 2.85. The third-order valence-corrected chi connectivity index (χ3v) is 6.27. The standard InChI is InChI=1S/C21H29ClN5O8P/c1-3-34-36(30,35-4-2)15-32-17(11-31-10-16-8-6-5-7-9-16)12-33-27-20-18(23-13-28)19(22)25-21(26-20)24-14-29/h5-9,13-14,17H,3-4,10-12,15H2,1-2H3,(H,23,28)(H2,24,25,26,27,29). The highest BCUT2D eigenvalue weighted by atomic mass is 35.5.